The van der Waals surface area contributed by atoms with E-state index in [1.807, 2.05) is 0 Å². The van der Waals surface area contributed by atoms with Crippen LogP contribution in [0.3, 0.4) is 0 Å². The zero-order valence-corrected chi connectivity index (χ0v) is 12.0. The van der Waals surface area contributed by atoms with Gasteiger partial charge in [-0.3, -0.25) is 9.52 Å². The zero-order valence-electron chi connectivity index (χ0n) is 11.2. The lowest BCUT2D eigenvalue weighted by Gasteiger charge is -2.22. The molecule has 0 spiro atoms. The number of sulfonamides is 1. The Hall–Kier alpha value is -1.56. The molecule has 1 aromatic carbocycles. The van der Waals surface area contributed by atoms with Gasteiger partial charge in [-0.2, -0.15) is 0 Å². The Morgan fingerprint density at radius 3 is 2.30 bits per heavy atom. The van der Waals surface area contributed by atoms with Gasteiger partial charge in [0.1, 0.15) is 0 Å². The first-order valence-electron chi connectivity index (χ1n) is 6.80. The summed E-state index contributed by atoms with van der Waals surface area (Å²) in [7, 11) is -3.34. The van der Waals surface area contributed by atoms with Gasteiger partial charge in [-0.1, -0.05) is 31.4 Å². The summed E-state index contributed by atoms with van der Waals surface area (Å²) in [6.07, 6.45) is 4.40. The van der Waals surface area contributed by atoms with Crippen LogP contribution in [-0.4, -0.2) is 24.7 Å². The number of benzene rings is 1. The number of carbonyl (C=O) groups is 1. The lowest BCUT2D eigenvalue weighted by molar-refractivity contribution is -0.136. The topological polar surface area (TPSA) is 83.5 Å². The van der Waals surface area contributed by atoms with Crippen LogP contribution in [0.25, 0.3) is 0 Å². The molecule has 0 aliphatic heterocycles. The van der Waals surface area contributed by atoms with Crippen LogP contribution in [0.1, 0.15) is 37.7 Å². The number of carboxylic acid groups (broad SMARTS) is 1. The summed E-state index contributed by atoms with van der Waals surface area (Å²) < 4.78 is 27.0. The molecular formula is C14H19NO4S. The van der Waals surface area contributed by atoms with Crippen LogP contribution < -0.4 is 4.72 Å². The minimum absolute atomic E-state index is 0.0599. The van der Waals surface area contributed by atoms with Crippen molar-refractivity contribution in [2.24, 2.45) is 0 Å². The number of nitrogens with one attached hydrogen (secondary N) is 1. The Balaban J connectivity index is 2.03. The molecule has 2 N–H and O–H groups in total. The summed E-state index contributed by atoms with van der Waals surface area (Å²) in [4.78, 5) is 10.6. The highest BCUT2D eigenvalue weighted by Gasteiger charge is 2.27. The van der Waals surface area contributed by atoms with Gasteiger partial charge in [-0.25, -0.2) is 8.42 Å². The second kappa shape index (κ2) is 6.26. The molecule has 0 bridgehead atoms. The number of hydrogen-bond acceptors (Lipinski definition) is 3. The van der Waals surface area contributed by atoms with E-state index >= 15 is 0 Å². The van der Waals surface area contributed by atoms with E-state index < -0.39 is 16.0 Å². The molecule has 0 saturated heterocycles. The van der Waals surface area contributed by atoms with Gasteiger partial charge >= 0.3 is 5.97 Å². The van der Waals surface area contributed by atoms with E-state index in [4.69, 9.17) is 5.11 Å². The Morgan fingerprint density at radius 2 is 1.75 bits per heavy atom. The molecule has 0 heterocycles. The molecule has 5 nitrogen and oxygen atoms in total. The largest absolute Gasteiger partial charge is 0.481 e. The molecule has 0 atom stereocenters. The third kappa shape index (κ3) is 3.96. The van der Waals surface area contributed by atoms with Crippen molar-refractivity contribution >= 4 is 21.7 Å². The molecule has 20 heavy (non-hydrogen) atoms. The standard InChI is InChI=1S/C14H19NO4S/c16-14(17)10-11-6-8-12(9-7-11)15-20(18,19)13-4-2-1-3-5-13/h6-9,13,15H,1-5,10H2,(H,16,17). The van der Waals surface area contributed by atoms with Gasteiger partial charge in [-0.05, 0) is 30.5 Å². The average molecular weight is 297 g/mol. The maximum absolute atomic E-state index is 12.2. The van der Waals surface area contributed by atoms with Crippen molar-refractivity contribution in [2.75, 3.05) is 4.72 Å². The molecule has 1 aliphatic carbocycles. The Bertz CT molecular complexity index is 559. The van der Waals surface area contributed by atoms with Crippen molar-refractivity contribution in [2.45, 2.75) is 43.8 Å². The van der Waals surface area contributed by atoms with Gasteiger partial charge in [-0.15, -0.1) is 0 Å². The average Bonchev–Trinajstić information content (AvgIpc) is 2.41. The van der Waals surface area contributed by atoms with Crippen molar-refractivity contribution in [3.8, 4) is 0 Å². The molecule has 1 aliphatic rings. The minimum Gasteiger partial charge on any atom is -0.481 e. The molecule has 2 rings (SSSR count). The zero-order chi connectivity index (χ0) is 14.6. The molecular weight excluding hydrogens is 278 g/mol. The summed E-state index contributed by atoms with van der Waals surface area (Å²) in [5.74, 6) is -0.902. The normalized spacial score (nSPS) is 16.8. The molecule has 0 radical (unpaired) electrons. The van der Waals surface area contributed by atoms with E-state index in [0.717, 1.165) is 19.3 Å². The fourth-order valence-electron chi connectivity index (χ4n) is 2.49. The van der Waals surface area contributed by atoms with Gasteiger partial charge < -0.3 is 5.11 Å². The van der Waals surface area contributed by atoms with Crippen molar-refractivity contribution in [1.29, 1.82) is 0 Å². The van der Waals surface area contributed by atoms with Crippen LogP contribution in [0.4, 0.5) is 5.69 Å². The highest BCUT2D eigenvalue weighted by Crippen LogP contribution is 2.25. The van der Waals surface area contributed by atoms with E-state index in [0.29, 0.717) is 24.1 Å². The van der Waals surface area contributed by atoms with Crippen molar-refractivity contribution in [3.05, 3.63) is 29.8 Å². The van der Waals surface area contributed by atoms with Crippen molar-refractivity contribution < 1.29 is 18.3 Å². The SMILES string of the molecule is O=C(O)Cc1ccc(NS(=O)(=O)C2CCCCC2)cc1. The molecule has 0 aromatic heterocycles. The van der Waals surface area contributed by atoms with Crippen LogP contribution in [0.2, 0.25) is 0 Å². The lowest BCUT2D eigenvalue weighted by Crippen LogP contribution is -2.29. The number of anilines is 1. The van der Waals surface area contributed by atoms with Crippen LogP contribution in [0.15, 0.2) is 24.3 Å². The molecule has 1 saturated carbocycles. The predicted molar refractivity (Wildman–Crippen MR) is 77.2 cm³/mol. The second-order valence-corrected chi connectivity index (χ2v) is 7.14. The smallest absolute Gasteiger partial charge is 0.307 e. The molecule has 1 fully saturated rings. The first kappa shape index (κ1) is 14.8. The van der Waals surface area contributed by atoms with Crippen LogP contribution in [-0.2, 0) is 21.2 Å². The molecule has 0 amide bonds. The highest BCUT2D eigenvalue weighted by molar-refractivity contribution is 7.93. The van der Waals surface area contributed by atoms with Gasteiger partial charge in [0.2, 0.25) is 10.0 Å². The minimum atomic E-state index is -3.34. The summed E-state index contributed by atoms with van der Waals surface area (Å²) in [5.41, 5.74) is 1.14. The van der Waals surface area contributed by atoms with E-state index in [-0.39, 0.29) is 11.7 Å². The molecule has 0 unspecified atom stereocenters. The Morgan fingerprint density at radius 1 is 1.15 bits per heavy atom. The third-order valence-electron chi connectivity index (χ3n) is 3.56. The summed E-state index contributed by atoms with van der Waals surface area (Å²) in [6.45, 7) is 0. The van der Waals surface area contributed by atoms with Crippen LogP contribution >= 0.6 is 0 Å². The van der Waals surface area contributed by atoms with Crippen LogP contribution in [0, 0.1) is 0 Å². The third-order valence-corrected chi connectivity index (χ3v) is 5.43. The maximum atomic E-state index is 12.2. The first-order valence-corrected chi connectivity index (χ1v) is 8.34. The highest BCUT2D eigenvalue weighted by atomic mass is 32.2. The number of rotatable bonds is 5. The Kier molecular flexibility index (Phi) is 4.65. The van der Waals surface area contributed by atoms with Crippen LogP contribution in [0.5, 0.6) is 0 Å². The lowest BCUT2D eigenvalue weighted by atomic mass is 10.0. The number of hydrogen-bond donors (Lipinski definition) is 2. The molecule has 1 aromatic rings. The van der Waals surface area contributed by atoms with E-state index in [1.54, 1.807) is 24.3 Å². The Labute approximate surface area is 119 Å². The number of aliphatic carboxylic acids is 1. The van der Waals surface area contributed by atoms with E-state index in [2.05, 4.69) is 4.72 Å². The van der Waals surface area contributed by atoms with E-state index in [9.17, 15) is 13.2 Å². The summed E-state index contributed by atoms with van der Waals surface area (Å²) in [5, 5.41) is 8.37. The maximum Gasteiger partial charge on any atom is 0.307 e. The first-order chi connectivity index (χ1) is 9.47. The van der Waals surface area contributed by atoms with Crippen molar-refractivity contribution in [3.63, 3.8) is 0 Å². The fraction of sp³-hybridized carbons (Fsp3) is 0.500. The monoisotopic (exact) mass is 297 g/mol. The van der Waals surface area contributed by atoms with Gasteiger partial charge in [0, 0.05) is 5.69 Å². The quantitative estimate of drug-likeness (QED) is 0.874. The number of carboxylic acids is 1. The second-order valence-electron chi connectivity index (χ2n) is 5.17. The summed E-state index contributed by atoms with van der Waals surface area (Å²) >= 11 is 0. The summed E-state index contributed by atoms with van der Waals surface area (Å²) in [6, 6.07) is 6.48. The van der Waals surface area contributed by atoms with Crippen molar-refractivity contribution in [1.82, 2.24) is 0 Å². The van der Waals surface area contributed by atoms with Gasteiger partial charge in [0.15, 0.2) is 0 Å². The molecule has 110 valence electrons. The predicted octanol–water partition coefficient (Wildman–Crippen LogP) is 2.39. The van der Waals surface area contributed by atoms with E-state index in [1.165, 1.54) is 0 Å². The fourth-order valence-corrected chi connectivity index (χ4v) is 4.07. The van der Waals surface area contributed by atoms with Gasteiger partial charge in [0.25, 0.3) is 0 Å². The molecule has 6 heteroatoms. The van der Waals surface area contributed by atoms with Gasteiger partial charge in [0.05, 0.1) is 11.7 Å².